The van der Waals surface area contributed by atoms with Gasteiger partial charge in [-0.3, -0.25) is 18.4 Å². The first-order chi connectivity index (χ1) is 12.5. The molecule has 140 valence electrons. The Kier molecular flexibility index (Phi) is 7.54. The van der Waals surface area contributed by atoms with Gasteiger partial charge in [0.25, 0.3) is 5.91 Å². The summed E-state index contributed by atoms with van der Waals surface area (Å²) in [6.07, 6.45) is -1.12. The smallest absolute Gasteiger partial charge is 0.313 e. The number of para-hydroxylation sites is 1. The van der Waals surface area contributed by atoms with Crippen LogP contribution >= 0.6 is 7.82 Å². The van der Waals surface area contributed by atoms with Gasteiger partial charge in [-0.25, -0.2) is 4.57 Å². The molecule has 0 fully saturated rings. The van der Waals surface area contributed by atoms with E-state index in [-0.39, 0.29) is 19.1 Å². The summed E-state index contributed by atoms with van der Waals surface area (Å²) in [5.41, 5.74) is 1.27. The van der Waals surface area contributed by atoms with Gasteiger partial charge in [0.15, 0.2) is 6.10 Å². The quantitative estimate of drug-likeness (QED) is 0.598. The number of benzene rings is 2. The third kappa shape index (κ3) is 5.26. The zero-order valence-electron chi connectivity index (χ0n) is 15.2. The molecule has 0 bridgehead atoms. The Labute approximate surface area is 154 Å². The summed E-state index contributed by atoms with van der Waals surface area (Å²) in [6.45, 7) is 3.65. The summed E-state index contributed by atoms with van der Waals surface area (Å²) in [5, 5.41) is 0. The lowest BCUT2D eigenvalue weighted by atomic mass is 10.1. The van der Waals surface area contributed by atoms with Gasteiger partial charge in [0.2, 0.25) is 0 Å². The van der Waals surface area contributed by atoms with Crippen LogP contribution in [0.25, 0.3) is 0 Å². The fourth-order valence-corrected chi connectivity index (χ4v) is 3.67. The number of likely N-dealkylation sites (N-methyl/N-ethyl adjacent to an activating group) is 1. The molecule has 6 nitrogen and oxygen atoms in total. The maximum atomic E-state index is 13.1. The minimum absolute atomic E-state index is 0.140. The summed E-state index contributed by atoms with van der Waals surface area (Å²) < 4.78 is 28.8. The predicted octanol–water partition coefficient (Wildman–Crippen LogP) is 4.59. The first-order valence-electron chi connectivity index (χ1n) is 8.45. The Morgan fingerprint density at radius 1 is 0.962 bits per heavy atom. The topological polar surface area (TPSA) is 65.1 Å². The van der Waals surface area contributed by atoms with Crippen LogP contribution in [0.5, 0.6) is 0 Å². The van der Waals surface area contributed by atoms with E-state index in [1.165, 1.54) is 4.90 Å². The highest BCUT2D eigenvalue weighted by Crippen LogP contribution is 2.53. The second kappa shape index (κ2) is 9.64. The molecule has 2 aromatic rings. The predicted molar refractivity (Wildman–Crippen MR) is 101 cm³/mol. The van der Waals surface area contributed by atoms with Gasteiger partial charge in [-0.1, -0.05) is 48.5 Å². The van der Waals surface area contributed by atoms with Crippen LogP contribution in [0.2, 0.25) is 0 Å². The molecule has 0 aromatic heterocycles. The number of amides is 1. The van der Waals surface area contributed by atoms with Crippen molar-refractivity contribution in [3.63, 3.8) is 0 Å². The Hall–Kier alpha value is -1.98. The number of rotatable bonds is 9. The Morgan fingerprint density at radius 3 is 1.96 bits per heavy atom. The molecule has 1 amide bonds. The van der Waals surface area contributed by atoms with Crippen molar-refractivity contribution in [1.82, 2.24) is 0 Å². The number of anilines is 1. The number of carbonyl (C=O) groups excluding carboxylic acids is 1. The molecule has 0 saturated carbocycles. The normalized spacial score (nSPS) is 12.6. The second-order valence-corrected chi connectivity index (χ2v) is 7.03. The van der Waals surface area contributed by atoms with Gasteiger partial charge in [0.1, 0.15) is 0 Å². The van der Waals surface area contributed by atoms with Gasteiger partial charge in [-0.15, -0.1) is 0 Å². The molecule has 0 aliphatic heterocycles. The Balaban J connectivity index is 2.35. The minimum Gasteiger partial charge on any atom is -0.313 e. The highest BCUT2D eigenvalue weighted by molar-refractivity contribution is 7.48. The molecular formula is C19H24NO5P. The van der Waals surface area contributed by atoms with Crippen LogP contribution in [-0.4, -0.2) is 26.2 Å². The summed E-state index contributed by atoms with van der Waals surface area (Å²) in [6, 6.07) is 18.0. The maximum Gasteiger partial charge on any atom is 0.475 e. The monoisotopic (exact) mass is 377 g/mol. The largest absolute Gasteiger partial charge is 0.475 e. The lowest BCUT2D eigenvalue weighted by molar-refractivity contribution is -0.126. The summed E-state index contributed by atoms with van der Waals surface area (Å²) in [7, 11) is -2.23. The standard InChI is InChI=1S/C19H24NO5P/c1-4-23-26(22,24-5-2)25-18(16-12-8-6-9-13-16)19(21)20(3)17-14-10-7-11-15-17/h6-15,18H,4-5H2,1-3H3. The van der Waals surface area contributed by atoms with Gasteiger partial charge in [0.05, 0.1) is 13.2 Å². The molecule has 0 aliphatic carbocycles. The van der Waals surface area contributed by atoms with Crippen LogP contribution in [0.3, 0.4) is 0 Å². The fourth-order valence-electron chi connectivity index (χ4n) is 2.37. The van der Waals surface area contributed by atoms with E-state index in [4.69, 9.17) is 13.6 Å². The molecular weight excluding hydrogens is 353 g/mol. The zero-order valence-corrected chi connectivity index (χ0v) is 16.1. The van der Waals surface area contributed by atoms with Crippen LogP contribution in [0.15, 0.2) is 60.7 Å². The van der Waals surface area contributed by atoms with Gasteiger partial charge in [-0.2, -0.15) is 0 Å². The lowest BCUT2D eigenvalue weighted by Gasteiger charge is -2.27. The summed E-state index contributed by atoms with van der Waals surface area (Å²) in [5.74, 6) is -0.373. The van der Waals surface area contributed by atoms with E-state index in [2.05, 4.69) is 0 Å². The van der Waals surface area contributed by atoms with Crippen molar-refractivity contribution in [2.75, 3.05) is 25.2 Å². The molecule has 0 radical (unpaired) electrons. The van der Waals surface area contributed by atoms with Crippen molar-refractivity contribution in [1.29, 1.82) is 0 Å². The van der Waals surface area contributed by atoms with Crippen LogP contribution in [0.4, 0.5) is 5.69 Å². The van der Waals surface area contributed by atoms with E-state index in [1.807, 2.05) is 36.4 Å². The Morgan fingerprint density at radius 2 is 1.46 bits per heavy atom. The maximum absolute atomic E-state index is 13.1. The van der Waals surface area contributed by atoms with Crippen molar-refractivity contribution >= 4 is 19.4 Å². The SMILES string of the molecule is CCOP(=O)(OCC)OC(C(=O)N(C)c1ccccc1)c1ccccc1. The van der Waals surface area contributed by atoms with Crippen molar-refractivity contribution in [2.24, 2.45) is 0 Å². The van der Waals surface area contributed by atoms with Crippen LogP contribution in [0, 0.1) is 0 Å². The van der Waals surface area contributed by atoms with E-state index < -0.39 is 13.9 Å². The van der Waals surface area contributed by atoms with Crippen molar-refractivity contribution in [2.45, 2.75) is 20.0 Å². The summed E-state index contributed by atoms with van der Waals surface area (Å²) in [4.78, 5) is 14.6. The number of phosphoric ester groups is 1. The first kappa shape index (κ1) is 20.3. The fraction of sp³-hybridized carbons (Fsp3) is 0.316. The van der Waals surface area contributed by atoms with E-state index in [0.717, 1.165) is 0 Å². The molecule has 26 heavy (non-hydrogen) atoms. The van der Waals surface area contributed by atoms with Gasteiger partial charge < -0.3 is 4.90 Å². The number of carbonyl (C=O) groups is 1. The number of hydrogen-bond donors (Lipinski definition) is 0. The zero-order chi connectivity index (χ0) is 19.0. The van der Waals surface area contributed by atoms with E-state index in [1.54, 1.807) is 45.2 Å². The molecule has 2 rings (SSSR count). The molecule has 0 heterocycles. The van der Waals surface area contributed by atoms with Gasteiger partial charge >= 0.3 is 7.82 Å². The molecule has 0 saturated heterocycles. The van der Waals surface area contributed by atoms with Crippen LogP contribution < -0.4 is 4.90 Å². The van der Waals surface area contributed by atoms with Crippen LogP contribution in [0.1, 0.15) is 25.5 Å². The van der Waals surface area contributed by atoms with E-state index >= 15 is 0 Å². The van der Waals surface area contributed by atoms with Crippen molar-refractivity contribution < 1.29 is 22.9 Å². The number of nitrogens with zero attached hydrogens (tertiary/aromatic N) is 1. The third-order valence-electron chi connectivity index (χ3n) is 3.61. The molecule has 1 atom stereocenters. The minimum atomic E-state index is -3.87. The lowest BCUT2D eigenvalue weighted by Crippen LogP contribution is -2.33. The summed E-state index contributed by atoms with van der Waals surface area (Å²) >= 11 is 0. The second-order valence-electron chi connectivity index (χ2n) is 5.41. The van der Waals surface area contributed by atoms with E-state index in [0.29, 0.717) is 11.3 Å². The van der Waals surface area contributed by atoms with E-state index in [9.17, 15) is 9.36 Å². The first-order valence-corrected chi connectivity index (χ1v) is 9.92. The van der Waals surface area contributed by atoms with Gasteiger partial charge in [-0.05, 0) is 31.5 Å². The molecule has 0 spiro atoms. The van der Waals surface area contributed by atoms with Crippen LogP contribution in [-0.2, 0) is 22.9 Å². The highest BCUT2D eigenvalue weighted by Gasteiger charge is 2.36. The molecule has 2 aromatic carbocycles. The average molecular weight is 377 g/mol. The van der Waals surface area contributed by atoms with Crippen molar-refractivity contribution in [3.8, 4) is 0 Å². The van der Waals surface area contributed by atoms with Gasteiger partial charge in [0, 0.05) is 12.7 Å². The molecule has 0 aliphatic rings. The third-order valence-corrected chi connectivity index (χ3v) is 5.23. The number of phosphoric acid groups is 1. The Bertz CT molecular complexity index is 728. The number of hydrogen-bond acceptors (Lipinski definition) is 5. The highest BCUT2D eigenvalue weighted by atomic mass is 31.2. The average Bonchev–Trinajstić information content (AvgIpc) is 2.67. The van der Waals surface area contributed by atoms with Crippen molar-refractivity contribution in [3.05, 3.63) is 66.2 Å². The molecule has 7 heteroatoms. The molecule has 0 N–H and O–H groups in total. The molecule has 1 unspecified atom stereocenters.